The maximum atomic E-state index is 5.72. The highest BCUT2D eigenvalue weighted by atomic mass is 16.5. The van der Waals surface area contributed by atoms with Gasteiger partial charge in [-0.15, -0.1) is 0 Å². The molecule has 0 aliphatic rings. The first kappa shape index (κ1) is 12.3. The lowest BCUT2D eigenvalue weighted by Gasteiger charge is -2.02. The average Bonchev–Trinajstić information content (AvgIpc) is 2.86. The van der Waals surface area contributed by atoms with Gasteiger partial charge in [0.15, 0.2) is 5.82 Å². The van der Waals surface area contributed by atoms with E-state index in [4.69, 9.17) is 10.5 Å². The van der Waals surface area contributed by atoms with E-state index >= 15 is 0 Å². The van der Waals surface area contributed by atoms with Crippen LogP contribution in [0.25, 0.3) is 17.0 Å². The second-order valence-electron chi connectivity index (χ2n) is 4.44. The minimum atomic E-state index is 0.510. The van der Waals surface area contributed by atoms with Gasteiger partial charge in [-0.1, -0.05) is 36.4 Å². The topological polar surface area (TPSA) is 63.9 Å². The van der Waals surface area contributed by atoms with Crippen LogP contribution in [0.3, 0.4) is 0 Å². The summed E-state index contributed by atoms with van der Waals surface area (Å²) in [6.45, 7) is 0.518. The maximum absolute atomic E-state index is 5.72. The van der Waals surface area contributed by atoms with Gasteiger partial charge >= 0.3 is 0 Å². The van der Waals surface area contributed by atoms with Gasteiger partial charge in [0.25, 0.3) is 0 Å². The highest BCUT2D eigenvalue weighted by molar-refractivity contribution is 5.89. The van der Waals surface area contributed by atoms with Crippen LogP contribution in [0, 0.1) is 0 Å². The number of benzene rings is 2. The number of H-pyrrole nitrogens is 1. The smallest absolute Gasteiger partial charge is 0.153 e. The molecule has 0 atom stereocenters. The van der Waals surface area contributed by atoms with Crippen molar-refractivity contribution in [3.8, 4) is 5.75 Å². The third kappa shape index (κ3) is 2.64. The summed E-state index contributed by atoms with van der Waals surface area (Å²) in [6, 6.07) is 15.8. The van der Waals surface area contributed by atoms with E-state index in [0.29, 0.717) is 12.4 Å². The number of nitrogens with two attached hydrogens (primary N) is 1. The van der Waals surface area contributed by atoms with Gasteiger partial charge in [0.1, 0.15) is 12.4 Å². The Hall–Kier alpha value is -2.75. The molecule has 20 heavy (non-hydrogen) atoms. The summed E-state index contributed by atoms with van der Waals surface area (Å²) >= 11 is 0. The number of ether oxygens (including phenoxy) is 1. The predicted molar refractivity (Wildman–Crippen MR) is 81.5 cm³/mol. The number of hydrogen-bond donors (Lipinski definition) is 2. The van der Waals surface area contributed by atoms with Crippen molar-refractivity contribution in [1.29, 1.82) is 0 Å². The van der Waals surface area contributed by atoms with Crippen molar-refractivity contribution >= 4 is 22.8 Å². The second-order valence-corrected chi connectivity index (χ2v) is 4.44. The van der Waals surface area contributed by atoms with Gasteiger partial charge in [0, 0.05) is 11.5 Å². The van der Waals surface area contributed by atoms with Gasteiger partial charge in [0.2, 0.25) is 0 Å². The molecule has 3 N–H and O–H groups in total. The molecular formula is C16H15N3O. The Bertz CT molecular complexity index is 732. The lowest BCUT2D eigenvalue weighted by Crippen LogP contribution is -1.93. The molecule has 1 aromatic heterocycles. The maximum Gasteiger partial charge on any atom is 0.153 e. The largest absolute Gasteiger partial charge is 0.489 e. The van der Waals surface area contributed by atoms with Crippen molar-refractivity contribution in [3.63, 3.8) is 0 Å². The number of anilines is 1. The van der Waals surface area contributed by atoms with Crippen LogP contribution in [0.4, 0.5) is 5.82 Å². The second kappa shape index (κ2) is 5.48. The molecule has 100 valence electrons. The molecule has 1 heterocycles. The fourth-order valence-corrected chi connectivity index (χ4v) is 2.00. The molecule has 3 aromatic rings. The highest BCUT2D eigenvalue weighted by Gasteiger charge is 2.02. The number of aromatic amines is 1. The summed E-state index contributed by atoms with van der Waals surface area (Å²) in [6.07, 6.45) is 4.02. The molecule has 0 amide bonds. The first-order valence-electron chi connectivity index (χ1n) is 6.41. The summed E-state index contributed by atoms with van der Waals surface area (Å²) in [5.41, 5.74) is 7.76. The monoisotopic (exact) mass is 265 g/mol. The third-order valence-electron chi connectivity index (χ3n) is 3.02. The van der Waals surface area contributed by atoms with Gasteiger partial charge in [-0.3, -0.25) is 5.10 Å². The molecule has 0 saturated carbocycles. The zero-order chi connectivity index (χ0) is 13.8. The molecule has 0 spiro atoms. The molecule has 0 radical (unpaired) electrons. The molecule has 3 rings (SSSR count). The Morgan fingerprint density at radius 3 is 2.85 bits per heavy atom. The van der Waals surface area contributed by atoms with Gasteiger partial charge in [-0.2, -0.15) is 5.10 Å². The molecule has 0 unspecified atom stereocenters. The molecule has 0 bridgehead atoms. The van der Waals surface area contributed by atoms with Crippen molar-refractivity contribution in [2.75, 3.05) is 12.3 Å². The zero-order valence-electron chi connectivity index (χ0n) is 10.9. The normalized spacial score (nSPS) is 11.2. The summed E-state index contributed by atoms with van der Waals surface area (Å²) < 4.78 is 5.67. The minimum Gasteiger partial charge on any atom is -0.489 e. The number of fused-ring (bicyclic) bond motifs is 1. The number of nitrogens with one attached hydrogen (secondary N) is 1. The van der Waals surface area contributed by atoms with Crippen LogP contribution in [0.1, 0.15) is 5.56 Å². The van der Waals surface area contributed by atoms with E-state index < -0.39 is 0 Å². The standard InChI is InChI=1S/C16H15N3O/c17-16-14-9-8-13(11-15(14)18-19-16)20-10-4-7-12-5-2-1-3-6-12/h1-9,11H,10H2,(H3,17,18,19)/b7-4+. The summed E-state index contributed by atoms with van der Waals surface area (Å²) in [4.78, 5) is 0. The van der Waals surface area contributed by atoms with Crippen molar-refractivity contribution in [2.24, 2.45) is 0 Å². The molecule has 2 aromatic carbocycles. The summed E-state index contributed by atoms with van der Waals surface area (Å²) in [7, 11) is 0. The van der Waals surface area contributed by atoms with Gasteiger partial charge < -0.3 is 10.5 Å². The van der Waals surface area contributed by atoms with Gasteiger partial charge in [0.05, 0.1) is 5.52 Å². The fraction of sp³-hybridized carbons (Fsp3) is 0.0625. The lowest BCUT2D eigenvalue weighted by atomic mass is 10.2. The SMILES string of the molecule is Nc1n[nH]c2cc(OC/C=C/c3ccccc3)ccc12. The van der Waals surface area contributed by atoms with E-state index in [2.05, 4.69) is 22.3 Å². The van der Waals surface area contributed by atoms with Crippen LogP contribution in [-0.2, 0) is 0 Å². The Balaban J connectivity index is 1.64. The molecule has 0 saturated heterocycles. The van der Waals surface area contributed by atoms with E-state index in [1.54, 1.807) is 0 Å². The Labute approximate surface area is 116 Å². The van der Waals surface area contributed by atoms with Crippen molar-refractivity contribution in [2.45, 2.75) is 0 Å². The van der Waals surface area contributed by atoms with E-state index in [-0.39, 0.29) is 0 Å². The molecular weight excluding hydrogens is 250 g/mol. The molecule has 0 aliphatic heterocycles. The van der Waals surface area contributed by atoms with E-state index in [1.165, 1.54) is 0 Å². The van der Waals surface area contributed by atoms with Crippen LogP contribution in [0.5, 0.6) is 5.75 Å². The Morgan fingerprint density at radius 2 is 2.00 bits per heavy atom. The minimum absolute atomic E-state index is 0.510. The highest BCUT2D eigenvalue weighted by Crippen LogP contribution is 2.22. The molecule has 0 aliphatic carbocycles. The summed E-state index contributed by atoms with van der Waals surface area (Å²) in [5, 5.41) is 7.74. The number of rotatable bonds is 4. The quantitative estimate of drug-likeness (QED) is 0.761. The number of aromatic nitrogens is 2. The number of hydrogen-bond acceptors (Lipinski definition) is 3. The van der Waals surface area contributed by atoms with Crippen LogP contribution < -0.4 is 10.5 Å². The van der Waals surface area contributed by atoms with Crippen molar-refractivity contribution < 1.29 is 4.74 Å². The van der Waals surface area contributed by atoms with Gasteiger partial charge in [-0.25, -0.2) is 0 Å². The molecule has 4 nitrogen and oxygen atoms in total. The van der Waals surface area contributed by atoms with E-state index in [0.717, 1.165) is 22.2 Å². The Morgan fingerprint density at radius 1 is 1.15 bits per heavy atom. The van der Waals surface area contributed by atoms with Crippen LogP contribution in [0.2, 0.25) is 0 Å². The van der Waals surface area contributed by atoms with Crippen LogP contribution >= 0.6 is 0 Å². The Kier molecular flexibility index (Phi) is 3.37. The summed E-state index contributed by atoms with van der Waals surface area (Å²) in [5.74, 6) is 1.30. The van der Waals surface area contributed by atoms with Crippen LogP contribution in [-0.4, -0.2) is 16.8 Å². The zero-order valence-corrected chi connectivity index (χ0v) is 10.9. The van der Waals surface area contributed by atoms with Gasteiger partial charge in [-0.05, 0) is 23.8 Å². The first-order chi connectivity index (χ1) is 9.83. The van der Waals surface area contributed by atoms with Crippen molar-refractivity contribution in [1.82, 2.24) is 10.2 Å². The average molecular weight is 265 g/mol. The number of nitrogen functional groups attached to an aromatic ring is 1. The predicted octanol–water partition coefficient (Wildman–Crippen LogP) is 3.24. The third-order valence-corrected chi connectivity index (χ3v) is 3.02. The first-order valence-corrected chi connectivity index (χ1v) is 6.41. The lowest BCUT2D eigenvalue weighted by molar-refractivity contribution is 0.364. The van der Waals surface area contributed by atoms with E-state index in [1.807, 2.05) is 48.6 Å². The van der Waals surface area contributed by atoms with E-state index in [9.17, 15) is 0 Å². The van der Waals surface area contributed by atoms with Crippen molar-refractivity contribution in [3.05, 3.63) is 60.2 Å². The molecule has 0 fully saturated rings. The fourth-order valence-electron chi connectivity index (χ4n) is 2.00. The number of nitrogens with zero attached hydrogens (tertiary/aromatic N) is 1. The van der Waals surface area contributed by atoms with Crippen LogP contribution in [0.15, 0.2) is 54.6 Å². The molecule has 4 heteroatoms.